The van der Waals surface area contributed by atoms with E-state index in [9.17, 15) is 4.79 Å². The molecule has 0 atom stereocenters. The molecule has 2 heterocycles. The Morgan fingerprint density at radius 3 is 2.62 bits per heavy atom. The fraction of sp³-hybridized carbons (Fsp3) is 0.174. The molecule has 4 aromatic rings. The Bertz CT molecular complexity index is 1100. The Hall–Kier alpha value is -3.25. The maximum atomic E-state index is 12.5. The van der Waals surface area contributed by atoms with Crippen molar-refractivity contribution in [1.29, 1.82) is 0 Å². The third kappa shape index (κ3) is 4.60. The second-order valence-electron chi connectivity index (χ2n) is 6.84. The number of thiophene rings is 1. The van der Waals surface area contributed by atoms with Crippen LogP contribution in [0.5, 0.6) is 0 Å². The fourth-order valence-corrected chi connectivity index (χ4v) is 3.79. The summed E-state index contributed by atoms with van der Waals surface area (Å²) in [5, 5.41) is 8.35. The highest BCUT2D eigenvalue weighted by molar-refractivity contribution is 7.08. The lowest BCUT2D eigenvalue weighted by atomic mass is 10.2. The van der Waals surface area contributed by atoms with E-state index in [1.165, 1.54) is 0 Å². The Labute approximate surface area is 174 Å². The molecule has 1 N–H and O–H groups in total. The van der Waals surface area contributed by atoms with Crippen molar-refractivity contribution in [3.05, 3.63) is 77.0 Å². The van der Waals surface area contributed by atoms with Gasteiger partial charge in [-0.15, -0.1) is 0 Å². The van der Waals surface area contributed by atoms with Crippen LogP contribution in [0.2, 0.25) is 0 Å². The van der Waals surface area contributed by atoms with E-state index in [1.807, 2.05) is 78.5 Å². The van der Waals surface area contributed by atoms with Crippen LogP contribution >= 0.6 is 11.3 Å². The number of nitrogens with zero attached hydrogens (tertiary/aromatic N) is 3. The molecule has 6 heteroatoms. The zero-order chi connectivity index (χ0) is 20.1. The van der Waals surface area contributed by atoms with E-state index in [0.29, 0.717) is 25.3 Å². The number of fused-ring (bicyclic) bond motifs is 1. The number of aromatic nitrogens is 2. The molecule has 0 saturated heterocycles. The molecule has 0 aliphatic carbocycles. The summed E-state index contributed by atoms with van der Waals surface area (Å²) < 4.78 is 0. The molecule has 0 aliphatic rings. The van der Waals surface area contributed by atoms with E-state index in [1.54, 1.807) is 16.2 Å². The fourth-order valence-electron chi connectivity index (χ4n) is 3.16. The van der Waals surface area contributed by atoms with Crippen molar-refractivity contribution in [2.75, 3.05) is 18.9 Å². The van der Waals surface area contributed by atoms with Crippen LogP contribution in [-0.4, -0.2) is 34.4 Å². The first-order chi connectivity index (χ1) is 14.2. The van der Waals surface area contributed by atoms with Gasteiger partial charge in [0, 0.05) is 42.9 Å². The second kappa shape index (κ2) is 8.84. The van der Waals surface area contributed by atoms with Gasteiger partial charge in [0.15, 0.2) is 5.82 Å². The molecule has 0 radical (unpaired) electrons. The van der Waals surface area contributed by atoms with E-state index in [-0.39, 0.29) is 5.91 Å². The zero-order valence-corrected chi connectivity index (χ0v) is 17.0. The lowest BCUT2D eigenvalue weighted by Crippen LogP contribution is -2.27. The van der Waals surface area contributed by atoms with E-state index in [4.69, 9.17) is 4.98 Å². The molecule has 29 heavy (non-hydrogen) atoms. The standard InChI is InChI=1S/C23H22N4OS/c1-27(15-17-7-3-2-4-8-17)21(28)11-13-24-23-19-9-5-6-10-20(19)25-22(26-23)18-12-14-29-16-18/h2-10,12,14,16H,11,13,15H2,1H3,(H,24,25,26). The van der Waals surface area contributed by atoms with Crippen LogP contribution in [0.4, 0.5) is 5.82 Å². The molecule has 2 aromatic carbocycles. The maximum Gasteiger partial charge on any atom is 0.224 e. The summed E-state index contributed by atoms with van der Waals surface area (Å²) in [5.74, 6) is 1.55. The van der Waals surface area contributed by atoms with Crippen LogP contribution in [0.25, 0.3) is 22.3 Å². The molecule has 1 amide bonds. The highest BCUT2D eigenvalue weighted by Gasteiger charge is 2.12. The first kappa shape index (κ1) is 19.1. The average Bonchev–Trinajstić information content (AvgIpc) is 3.29. The molecule has 2 aromatic heterocycles. The Kier molecular flexibility index (Phi) is 5.81. The molecule has 146 valence electrons. The van der Waals surface area contributed by atoms with Crippen molar-refractivity contribution in [3.8, 4) is 11.4 Å². The van der Waals surface area contributed by atoms with Crippen molar-refractivity contribution in [1.82, 2.24) is 14.9 Å². The van der Waals surface area contributed by atoms with Gasteiger partial charge in [-0.2, -0.15) is 11.3 Å². The van der Waals surface area contributed by atoms with Crippen LogP contribution < -0.4 is 5.32 Å². The topological polar surface area (TPSA) is 58.1 Å². The Morgan fingerprint density at radius 1 is 1.03 bits per heavy atom. The molecule has 0 bridgehead atoms. The first-order valence-corrected chi connectivity index (χ1v) is 10.5. The van der Waals surface area contributed by atoms with Gasteiger partial charge in [0.2, 0.25) is 5.91 Å². The van der Waals surface area contributed by atoms with Crippen molar-refractivity contribution in [2.45, 2.75) is 13.0 Å². The number of amides is 1. The second-order valence-corrected chi connectivity index (χ2v) is 7.62. The van der Waals surface area contributed by atoms with Crippen LogP contribution in [0, 0.1) is 0 Å². The Balaban J connectivity index is 1.44. The minimum Gasteiger partial charge on any atom is -0.369 e. The van der Waals surface area contributed by atoms with Gasteiger partial charge in [-0.05, 0) is 29.1 Å². The highest BCUT2D eigenvalue weighted by Crippen LogP contribution is 2.26. The van der Waals surface area contributed by atoms with Crippen molar-refractivity contribution in [3.63, 3.8) is 0 Å². The molecule has 4 rings (SSSR count). The van der Waals surface area contributed by atoms with Gasteiger partial charge in [-0.1, -0.05) is 42.5 Å². The Morgan fingerprint density at radius 2 is 1.83 bits per heavy atom. The lowest BCUT2D eigenvalue weighted by molar-refractivity contribution is -0.130. The normalized spacial score (nSPS) is 10.8. The van der Waals surface area contributed by atoms with Gasteiger partial charge in [0.25, 0.3) is 0 Å². The molecule has 0 fully saturated rings. The zero-order valence-electron chi connectivity index (χ0n) is 16.2. The molecule has 5 nitrogen and oxygen atoms in total. The van der Waals surface area contributed by atoms with Gasteiger partial charge in [0.1, 0.15) is 5.82 Å². The minimum absolute atomic E-state index is 0.0952. The van der Waals surface area contributed by atoms with E-state index in [0.717, 1.165) is 27.8 Å². The number of rotatable bonds is 7. The SMILES string of the molecule is CN(Cc1ccccc1)C(=O)CCNc1nc(-c2ccsc2)nc2ccccc12. The molecule has 0 unspecified atom stereocenters. The average molecular weight is 403 g/mol. The minimum atomic E-state index is 0.0952. The number of carbonyl (C=O) groups is 1. The predicted octanol–water partition coefficient (Wildman–Crippen LogP) is 4.82. The van der Waals surface area contributed by atoms with Crippen LogP contribution in [0.3, 0.4) is 0 Å². The summed E-state index contributed by atoms with van der Waals surface area (Å²) in [4.78, 5) is 23.7. The maximum absolute atomic E-state index is 12.5. The third-order valence-corrected chi connectivity index (χ3v) is 5.39. The largest absolute Gasteiger partial charge is 0.369 e. The number of benzene rings is 2. The summed E-state index contributed by atoms with van der Waals surface area (Å²) in [6.07, 6.45) is 0.398. The molecule has 0 saturated carbocycles. The van der Waals surface area contributed by atoms with Gasteiger partial charge in [0.05, 0.1) is 5.52 Å². The molecule has 0 spiro atoms. The van der Waals surface area contributed by atoms with Crippen LogP contribution in [-0.2, 0) is 11.3 Å². The number of anilines is 1. The third-order valence-electron chi connectivity index (χ3n) is 4.70. The molecular weight excluding hydrogens is 380 g/mol. The van der Waals surface area contributed by atoms with E-state index < -0.39 is 0 Å². The molecular formula is C23H22N4OS. The summed E-state index contributed by atoms with van der Waals surface area (Å²) in [5.41, 5.74) is 3.01. The number of hydrogen-bond acceptors (Lipinski definition) is 5. The molecule has 0 aliphatic heterocycles. The number of nitrogens with one attached hydrogen (secondary N) is 1. The number of hydrogen-bond donors (Lipinski definition) is 1. The van der Waals surface area contributed by atoms with Crippen molar-refractivity contribution >= 4 is 34.0 Å². The highest BCUT2D eigenvalue weighted by atomic mass is 32.1. The van der Waals surface area contributed by atoms with Gasteiger partial charge < -0.3 is 10.2 Å². The quantitative estimate of drug-likeness (QED) is 0.482. The summed E-state index contributed by atoms with van der Waals surface area (Å²) >= 11 is 1.62. The van der Waals surface area contributed by atoms with Gasteiger partial charge in [-0.3, -0.25) is 4.79 Å². The summed E-state index contributed by atoms with van der Waals surface area (Å²) in [6.45, 7) is 1.13. The lowest BCUT2D eigenvalue weighted by Gasteiger charge is -2.18. The van der Waals surface area contributed by atoms with Crippen LogP contribution in [0.15, 0.2) is 71.4 Å². The number of carbonyl (C=O) groups excluding carboxylic acids is 1. The van der Waals surface area contributed by atoms with Crippen molar-refractivity contribution in [2.24, 2.45) is 0 Å². The number of para-hydroxylation sites is 1. The van der Waals surface area contributed by atoms with E-state index in [2.05, 4.69) is 10.3 Å². The first-order valence-electron chi connectivity index (χ1n) is 9.52. The monoisotopic (exact) mass is 402 g/mol. The van der Waals surface area contributed by atoms with E-state index >= 15 is 0 Å². The van der Waals surface area contributed by atoms with Gasteiger partial charge in [-0.25, -0.2) is 9.97 Å². The summed E-state index contributed by atoms with van der Waals surface area (Å²) in [7, 11) is 1.84. The van der Waals surface area contributed by atoms with Gasteiger partial charge >= 0.3 is 0 Å². The van der Waals surface area contributed by atoms with Crippen molar-refractivity contribution < 1.29 is 4.79 Å². The summed E-state index contributed by atoms with van der Waals surface area (Å²) in [6, 6.07) is 19.9. The predicted molar refractivity (Wildman–Crippen MR) is 119 cm³/mol. The smallest absolute Gasteiger partial charge is 0.224 e. The van der Waals surface area contributed by atoms with Crippen LogP contribution in [0.1, 0.15) is 12.0 Å².